The lowest BCUT2D eigenvalue weighted by molar-refractivity contribution is -0.122. The fourth-order valence-electron chi connectivity index (χ4n) is 2.41. The Balaban J connectivity index is 2.18. The molecular formula is C20H23NO5. The molecule has 0 spiro atoms. The standard InChI is InChI=1S/C20H23NO5/c1-5-16(26-18-9-7-6-8-17(18)24-3)19(22)21-15-12-14(20(23)25-4)11-10-13(15)2/h6-12,16H,5H2,1-4H3,(H,21,22)/t16-/m0/s1. The van der Waals surface area contributed by atoms with Gasteiger partial charge in [-0.1, -0.05) is 25.1 Å². The summed E-state index contributed by atoms with van der Waals surface area (Å²) in [5.41, 5.74) is 1.74. The van der Waals surface area contributed by atoms with Crippen LogP contribution in [0.4, 0.5) is 5.69 Å². The summed E-state index contributed by atoms with van der Waals surface area (Å²) < 4.78 is 15.8. The third-order valence-electron chi connectivity index (χ3n) is 3.92. The lowest BCUT2D eigenvalue weighted by Crippen LogP contribution is -2.32. The first-order chi connectivity index (χ1) is 12.5. The number of ether oxygens (including phenoxy) is 3. The van der Waals surface area contributed by atoms with Gasteiger partial charge in [0.1, 0.15) is 0 Å². The molecule has 0 heterocycles. The van der Waals surface area contributed by atoms with Gasteiger partial charge in [-0.25, -0.2) is 4.79 Å². The number of para-hydroxylation sites is 2. The SMILES string of the molecule is CC[C@H](Oc1ccccc1OC)C(=O)Nc1cc(C(=O)OC)ccc1C. The van der Waals surface area contributed by atoms with Crippen molar-refractivity contribution >= 4 is 17.6 Å². The summed E-state index contributed by atoms with van der Waals surface area (Å²) in [7, 11) is 2.86. The average molecular weight is 357 g/mol. The number of methoxy groups -OCH3 is 2. The maximum Gasteiger partial charge on any atom is 0.337 e. The predicted molar refractivity (Wildman–Crippen MR) is 98.8 cm³/mol. The van der Waals surface area contributed by atoms with Crippen molar-refractivity contribution in [3.63, 3.8) is 0 Å². The number of anilines is 1. The monoisotopic (exact) mass is 357 g/mol. The van der Waals surface area contributed by atoms with E-state index in [0.717, 1.165) is 5.56 Å². The van der Waals surface area contributed by atoms with E-state index in [1.807, 2.05) is 26.0 Å². The molecule has 6 heteroatoms. The molecule has 0 aliphatic rings. The van der Waals surface area contributed by atoms with Gasteiger partial charge in [-0.2, -0.15) is 0 Å². The number of amides is 1. The molecule has 0 aliphatic heterocycles. The normalized spacial score (nSPS) is 11.4. The Morgan fingerprint density at radius 1 is 1.08 bits per heavy atom. The Hall–Kier alpha value is -3.02. The predicted octanol–water partition coefficient (Wildman–Crippen LogP) is 3.59. The number of carbonyl (C=O) groups excluding carboxylic acids is 2. The maximum atomic E-state index is 12.7. The van der Waals surface area contributed by atoms with Crippen LogP contribution in [0, 0.1) is 6.92 Å². The molecule has 2 rings (SSSR count). The van der Waals surface area contributed by atoms with Crippen molar-refractivity contribution in [3.05, 3.63) is 53.6 Å². The van der Waals surface area contributed by atoms with E-state index in [4.69, 9.17) is 14.2 Å². The van der Waals surface area contributed by atoms with Gasteiger partial charge in [-0.15, -0.1) is 0 Å². The van der Waals surface area contributed by atoms with Crippen molar-refractivity contribution in [3.8, 4) is 11.5 Å². The molecule has 0 aliphatic carbocycles. The van der Waals surface area contributed by atoms with Gasteiger partial charge in [0.25, 0.3) is 5.91 Å². The number of aryl methyl sites for hydroxylation is 1. The molecule has 6 nitrogen and oxygen atoms in total. The Morgan fingerprint density at radius 2 is 1.77 bits per heavy atom. The molecule has 138 valence electrons. The Bertz CT molecular complexity index is 788. The van der Waals surface area contributed by atoms with Gasteiger partial charge in [0, 0.05) is 5.69 Å². The van der Waals surface area contributed by atoms with Crippen LogP contribution in [0.25, 0.3) is 0 Å². The molecule has 1 atom stereocenters. The van der Waals surface area contributed by atoms with Crippen LogP contribution in [0.3, 0.4) is 0 Å². The van der Waals surface area contributed by atoms with Crippen LogP contribution in [-0.4, -0.2) is 32.2 Å². The number of hydrogen-bond donors (Lipinski definition) is 1. The smallest absolute Gasteiger partial charge is 0.337 e. The summed E-state index contributed by atoms with van der Waals surface area (Å²) in [6.07, 6.45) is -0.230. The molecule has 1 amide bonds. The third kappa shape index (κ3) is 4.53. The highest BCUT2D eigenvalue weighted by molar-refractivity contribution is 5.97. The molecule has 0 fully saturated rings. The highest BCUT2D eigenvalue weighted by Gasteiger charge is 2.21. The molecule has 0 aromatic heterocycles. The highest BCUT2D eigenvalue weighted by Crippen LogP contribution is 2.28. The zero-order valence-corrected chi connectivity index (χ0v) is 15.4. The zero-order chi connectivity index (χ0) is 19.1. The van der Waals surface area contributed by atoms with Crippen LogP contribution in [0.15, 0.2) is 42.5 Å². The number of benzene rings is 2. The number of carbonyl (C=O) groups is 2. The fraction of sp³-hybridized carbons (Fsp3) is 0.300. The maximum absolute atomic E-state index is 12.7. The summed E-state index contributed by atoms with van der Waals surface area (Å²) in [5.74, 6) is 0.293. The van der Waals surface area contributed by atoms with Crippen molar-refractivity contribution < 1.29 is 23.8 Å². The van der Waals surface area contributed by atoms with Gasteiger partial charge in [-0.05, 0) is 43.2 Å². The molecule has 0 radical (unpaired) electrons. The van der Waals surface area contributed by atoms with E-state index in [2.05, 4.69) is 5.32 Å². The summed E-state index contributed by atoms with van der Waals surface area (Å²) in [5, 5.41) is 2.83. The molecule has 0 unspecified atom stereocenters. The van der Waals surface area contributed by atoms with Crippen LogP contribution < -0.4 is 14.8 Å². The summed E-state index contributed by atoms with van der Waals surface area (Å²) >= 11 is 0. The van der Waals surface area contributed by atoms with Gasteiger partial charge in [0.05, 0.1) is 19.8 Å². The minimum atomic E-state index is -0.701. The van der Waals surface area contributed by atoms with Crippen LogP contribution in [0.5, 0.6) is 11.5 Å². The Kier molecular flexibility index (Phi) is 6.60. The lowest BCUT2D eigenvalue weighted by Gasteiger charge is -2.19. The van der Waals surface area contributed by atoms with E-state index in [1.165, 1.54) is 7.11 Å². The number of rotatable bonds is 7. The van der Waals surface area contributed by atoms with Crippen molar-refractivity contribution in [1.29, 1.82) is 0 Å². The summed E-state index contributed by atoms with van der Waals surface area (Å²) in [6, 6.07) is 12.2. The molecule has 0 bridgehead atoms. The van der Waals surface area contributed by atoms with Gasteiger partial charge in [0.15, 0.2) is 17.6 Å². The van der Waals surface area contributed by atoms with E-state index in [1.54, 1.807) is 37.4 Å². The first kappa shape index (κ1) is 19.3. The molecule has 2 aromatic rings. The number of nitrogens with one attached hydrogen (secondary N) is 1. The Labute approximate surface area is 153 Å². The average Bonchev–Trinajstić information content (AvgIpc) is 2.67. The minimum Gasteiger partial charge on any atom is -0.493 e. The summed E-state index contributed by atoms with van der Waals surface area (Å²) in [4.78, 5) is 24.3. The first-order valence-corrected chi connectivity index (χ1v) is 8.29. The second-order valence-electron chi connectivity index (χ2n) is 5.68. The van der Waals surface area contributed by atoms with E-state index in [9.17, 15) is 9.59 Å². The topological polar surface area (TPSA) is 73.9 Å². The molecule has 0 saturated heterocycles. The van der Waals surface area contributed by atoms with E-state index >= 15 is 0 Å². The van der Waals surface area contributed by atoms with E-state index < -0.39 is 12.1 Å². The van der Waals surface area contributed by atoms with Crippen LogP contribution in [-0.2, 0) is 9.53 Å². The van der Waals surface area contributed by atoms with Crippen LogP contribution in [0.2, 0.25) is 0 Å². The highest BCUT2D eigenvalue weighted by atomic mass is 16.5. The van der Waals surface area contributed by atoms with Gasteiger partial charge in [-0.3, -0.25) is 4.79 Å². The van der Waals surface area contributed by atoms with E-state index in [0.29, 0.717) is 29.2 Å². The molecule has 2 aromatic carbocycles. The largest absolute Gasteiger partial charge is 0.493 e. The zero-order valence-electron chi connectivity index (χ0n) is 15.4. The van der Waals surface area contributed by atoms with Gasteiger partial charge >= 0.3 is 5.97 Å². The van der Waals surface area contributed by atoms with Crippen molar-refractivity contribution in [2.45, 2.75) is 26.4 Å². The lowest BCUT2D eigenvalue weighted by atomic mass is 10.1. The van der Waals surface area contributed by atoms with E-state index in [-0.39, 0.29) is 5.91 Å². The first-order valence-electron chi connectivity index (χ1n) is 8.29. The second kappa shape index (κ2) is 8.89. The Morgan fingerprint density at radius 3 is 2.38 bits per heavy atom. The van der Waals surface area contributed by atoms with Crippen molar-refractivity contribution in [2.75, 3.05) is 19.5 Å². The number of esters is 1. The molecule has 1 N–H and O–H groups in total. The van der Waals surface area contributed by atoms with Gasteiger partial charge < -0.3 is 19.5 Å². The van der Waals surface area contributed by atoms with Crippen molar-refractivity contribution in [1.82, 2.24) is 0 Å². The molecule has 26 heavy (non-hydrogen) atoms. The summed E-state index contributed by atoms with van der Waals surface area (Å²) in [6.45, 7) is 3.70. The third-order valence-corrected chi connectivity index (χ3v) is 3.92. The second-order valence-corrected chi connectivity index (χ2v) is 5.68. The van der Waals surface area contributed by atoms with Crippen LogP contribution in [0.1, 0.15) is 29.3 Å². The number of hydrogen-bond acceptors (Lipinski definition) is 5. The quantitative estimate of drug-likeness (QED) is 0.767. The molecular weight excluding hydrogens is 334 g/mol. The minimum absolute atomic E-state index is 0.302. The van der Waals surface area contributed by atoms with Crippen LogP contribution >= 0.6 is 0 Å². The van der Waals surface area contributed by atoms with Crippen molar-refractivity contribution in [2.24, 2.45) is 0 Å². The fourth-order valence-corrected chi connectivity index (χ4v) is 2.41. The van der Waals surface area contributed by atoms with Gasteiger partial charge in [0.2, 0.25) is 0 Å². The molecule has 0 saturated carbocycles.